The lowest BCUT2D eigenvalue weighted by molar-refractivity contribution is 0.236. The molecular weight excluding hydrogens is 294 g/mol. The van der Waals surface area contributed by atoms with E-state index in [2.05, 4.69) is 41.7 Å². The predicted molar refractivity (Wildman–Crippen MR) is 76.4 cm³/mol. The first-order chi connectivity index (χ1) is 8.41. The largest absolute Gasteiger partial charge is 0.497 e. The molecule has 1 heterocycles. The molecule has 0 N–H and O–H groups in total. The van der Waals surface area contributed by atoms with Gasteiger partial charge in [-0.2, -0.15) is 0 Å². The maximum atomic E-state index is 5.72. The molecule has 3 nitrogen and oxygen atoms in total. The topological polar surface area (TPSA) is 30.8 Å². The van der Waals surface area contributed by atoms with Crippen LogP contribution in [0.3, 0.4) is 0 Å². The van der Waals surface area contributed by atoms with E-state index >= 15 is 0 Å². The molecule has 2 rings (SSSR count). The summed E-state index contributed by atoms with van der Waals surface area (Å²) in [6.07, 6.45) is 0. The van der Waals surface area contributed by atoms with Crippen LogP contribution in [0.5, 0.6) is 5.75 Å². The molecule has 0 aliphatic carbocycles. The number of methoxy groups -OCH3 is 1. The lowest BCUT2D eigenvalue weighted by atomic mass is 9.88. The van der Waals surface area contributed by atoms with Crippen molar-refractivity contribution in [3.05, 3.63) is 28.2 Å². The van der Waals surface area contributed by atoms with Crippen molar-refractivity contribution in [3.63, 3.8) is 0 Å². The molecule has 1 atom stereocenters. The molecule has 0 fully saturated rings. The Morgan fingerprint density at radius 3 is 2.67 bits per heavy atom. The van der Waals surface area contributed by atoms with Gasteiger partial charge in [0.15, 0.2) is 0 Å². The number of halogens is 1. The van der Waals surface area contributed by atoms with E-state index in [0.29, 0.717) is 12.5 Å². The SMILES string of the molecule is COc1ccc(Br)c(C2=N[C@@H](C(C)(C)C)CO2)c1. The van der Waals surface area contributed by atoms with Crippen LogP contribution in [0.25, 0.3) is 0 Å². The van der Waals surface area contributed by atoms with E-state index in [-0.39, 0.29) is 11.5 Å². The van der Waals surface area contributed by atoms with E-state index in [4.69, 9.17) is 9.47 Å². The molecule has 4 heteroatoms. The lowest BCUT2D eigenvalue weighted by Gasteiger charge is -2.21. The summed E-state index contributed by atoms with van der Waals surface area (Å²) in [5.41, 5.74) is 1.06. The molecule has 0 bridgehead atoms. The minimum absolute atomic E-state index is 0.118. The maximum Gasteiger partial charge on any atom is 0.217 e. The molecule has 1 aliphatic rings. The molecule has 0 radical (unpaired) electrons. The molecule has 0 unspecified atom stereocenters. The second-order valence-corrected chi connectivity index (χ2v) is 6.33. The predicted octanol–water partition coefficient (Wildman–Crippen LogP) is 3.65. The third-order valence-electron chi connectivity index (χ3n) is 3.05. The van der Waals surface area contributed by atoms with Crippen LogP contribution in [0, 0.1) is 5.41 Å². The highest BCUT2D eigenvalue weighted by Gasteiger charge is 2.31. The minimum Gasteiger partial charge on any atom is -0.497 e. The highest BCUT2D eigenvalue weighted by atomic mass is 79.9. The smallest absolute Gasteiger partial charge is 0.217 e. The molecule has 1 aliphatic heterocycles. The molecule has 18 heavy (non-hydrogen) atoms. The Morgan fingerprint density at radius 2 is 2.11 bits per heavy atom. The van der Waals surface area contributed by atoms with Crippen LogP contribution in [-0.2, 0) is 4.74 Å². The van der Waals surface area contributed by atoms with Crippen molar-refractivity contribution >= 4 is 21.8 Å². The van der Waals surface area contributed by atoms with Crippen molar-refractivity contribution in [3.8, 4) is 5.75 Å². The van der Waals surface area contributed by atoms with Gasteiger partial charge >= 0.3 is 0 Å². The van der Waals surface area contributed by atoms with Gasteiger partial charge in [-0.25, -0.2) is 4.99 Å². The Bertz CT molecular complexity index is 477. The van der Waals surface area contributed by atoms with E-state index in [9.17, 15) is 0 Å². The third kappa shape index (κ3) is 2.69. The molecule has 0 saturated heterocycles. The van der Waals surface area contributed by atoms with Gasteiger partial charge in [0.1, 0.15) is 12.4 Å². The van der Waals surface area contributed by atoms with E-state index < -0.39 is 0 Å². The first kappa shape index (κ1) is 13.4. The number of hydrogen-bond donors (Lipinski definition) is 0. The van der Waals surface area contributed by atoms with Crippen LogP contribution in [-0.4, -0.2) is 25.7 Å². The highest BCUT2D eigenvalue weighted by Crippen LogP contribution is 2.30. The Balaban J connectivity index is 2.33. The quantitative estimate of drug-likeness (QED) is 0.834. The molecule has 0 saturated carbocycles. The standard InChI is InChI=1S/C14H18BrNO2/c1-14(2,3)12-8-18-13(16-12)10-7-9(17-4)5-6-11(10)15/h5-7,12H,8H2,1-4H3/t12-/m1/s1. The van der Waals surface area contributed by atoms with Crippen LogP contribution in [0.1, 0.15) is 26.3 Å². The summed E-state index contributed by atoms with van der Waals surface area (Å²) in [6, 6.07) is 5.99. The Hall–Kier alpha value is -1.03. The highest BCUT2D eigenvalue weighted by molar-refractivity contribution is 9.10. The van der Waals surface area contributed by atoms with Gasteiger partial charge in [-0.05, 0) is 39.5 Å². The summed E-state index contributed by atoms with van der Waals surface area (Å²) in [5, 5.41) is 0. The third-order valence-corrected chi connectivity index (χ3v) is 3.75. The van der Waals surface area contributed by atoms with Gasteiger partial charge in [0, 0.05) is 4.47 Å². The molecule has 0 aromatic heterocycles. The van der Waals surface area contributed by atoms with Gasteiger partial charge in [0.05, 0.1) is 18.7 Å². The Labute approximate surface area is 116 Å². The number of aliphatic imine (C=N–C) groups is 1. The van der Waals surface area contributed by atoms with Crippen molar-refractivity contribution in [1.29, 1.82) is 0 Å². The summed E-state index contributed by atoms with van der Waals surface area (Å²) in [4.78, 5) is 4.67. The molecular formula is C14H18BrNO2. The second-order valence-electron chi connectivity index (χ2n) is 5.47. The summed E-state index contributed by atoms with van der Waals surface area (Å²) in [6.45, 7) is 7.17. The Morgan fingerprint density at radius 1 is 1.39 bits per heavy atom. The number of nitrogens with zero attached hydrogens (tertiary/aromatic N) is 1. The van der Waals surface area contributed by atoms with Gasteiger partial charge in [0.2, 0.25) is 5.90 Å². The molecule has 0 spiro atoms. The van der Waals surface area contributed by atoms with Crippen molar-refractivity contribution < 1.29 is 9.47 Å². The lowest BCUT2D eigenvalue weighted by Crippen LogP contribution is -2.25. The maximum absolute atomic E-state index is 5.72. The van der Waals surface area contributed by atoms with Crippen molar-refractivity contribution in [2.45, 2.75) is 26.8 Å². The van der Waals surface area contributed by atoms with Gasteiger partial charge in [-0.1, -0.05) is 20.8 Å². The van der Waals surface area contributed by atoms with E-state index in [1.54, 1.807) is 7.11 Å². The zero-order valence-corrected chi connectivity index (χ0v) is 12.7. The molecule has 0 amide bonds. The number of hydrogen-bond acceptors (Lipinski definition) is 3. The monoisotopic (exact) mass is 311 g/mol. The number of ether oxygens (including phenoxy) is 2. The van der Waals surface area contributed by atoms with Gasteiger partial charge in [-0.15, -0.1) is 0 Å². The zero-order valence-electron chi connectivity index (χ0n) is 11.2. The fraction of sp³-hybridized carbons (Fsp3) is 0.500. The number of rotatable bonds is 2. The average Bonchev–Trinajstić information content (AvgIpc) is 2.78. The minimum atomic E-state index is 0.118. The average molecular weight is 312 g/mol. The fourth-order valence-corrected chi connectivity index (χ4v) is 2.18. The van der Waals surface area contributed by atoms with Crippen molar-refractivity contribution in [2.75, 3.05) is 13.7 Å². The summed E-state index contributed by atoms with van der Waals surface area (Å²) < 4.78 is 11.9. The summed E-state index contributed by atoms with van der Waals surface area (Å²) in [5.74, 6) is 1.50. The van der Waals surface area contributed by atoms with Gasteiger partial charge < -0.3 is 9.47 Å². The fourth-order valence-electron chi connectivity index (χ4n) is 1.76. The van der Waals surface area contributed by atoms with E-state index in [1.807, 2.05) is 18.2 Å². The van der Waals surface area contributed by atoms with Crippen LogP contribution >= 0.6 is 15.9 Å². The van der Waals surface area contributed by atoms with Crippen LogP contribution in [0.15, 0.2) is 27.7 Å². The Kier molecular flexibility index (Phi) is 3.66. The first-order valence-corrected chi connectivity index (χ1v) is 6.75. The molecule has 98 valence electrons. The van der Waals surface area contributed by atoms with Crippen molar-refractivity contribution in [1.82, 2.24) is 0 Å². The molecule has 1 aromatic carbocycles. The van der Waals surface area contributed by atoms with Crippen molar-refractivity contribution in [2.24, 2.45) is 10.4 Å². The second kappa shape index (κ2) is 4.92. The van der Waals surface area contributed by atoms with Crippen LogP contribution < -0.4 is 4.74 Å². The van der Waals surface area contributed by atoms with Gasteiger partial charge in [0.25, 0.3) is 0 Å². The van der Waals surface area contributed by atoms with E-state index in [1.165, 1.54) is 0 Å². The number of benzene rings is 1. The normalized spacial score (nSPS) is 19.4. The molecule has 1 aromatic rings. The van der Waals surface area contributed by atoms with Crippen LogP contribution in [0.2, 0.25) is 0 Å². The summed E-state index contributed by atoms with van der Waals surface area (Å²) >= 11 is 3.52. The van der Waals surface area contributed by atoms with Crippen LogP contribution in [0.4, 0.5) is 0 Å². The summed E-state index contributed by atoms with van der Waals surface area (Å²) in [7, 11) is 1.66. The zero-order chi connectivity index (χ0) is 13.3. The first-order valence-electron chi connectivity index (χ1n) is 5.96. The van der Waals surface area contributed by atoms with Gasteiger partial charge in [-0.3, -0.25) is 0 Å². The van der Waals surface area contributed by atoms with E-state index in [0.717, 1.165) is 15.8 Å².